The summed E-state index contributed by atoms with van der Waals surface area (Å²) < 4.78 is 11.6. The molecule has 0 radical (unpaired) electrons. The summed E-state index contributed by atoms with van der Waals surface area (Å²) in [4.78, 5) is 19.9. The number of ketones is 1. The van der Waals surface area contributed by atoms with Crippen LogP contribution in [0.15, 0.2) is 95.7 Å². The summed E-state index contributed by atoms with van der Waals surface area (Å²) in [7, 11) is 1.61. The predicted octanol–water partition coefficient (Wildman–Crippen LogP) is 5.61. The van der Waals surface area contributed by atoms with Crippen molar-refractivity contribution >= 4 is 11.5 Å². The zero-order valence-electron chi connectivity index (χ0n) is 21.8. The number of aromatic nitrogens is 1. The van der Waals surface area contributed by atoms with Gasteiger partial charge in [-0.05, 0) is 53.8 Å². The Hall–Kier alpha value is -4.57. The van der Waals surface area contributed by atoms with Crippen molar-refractivity contribution in [3.63, 3.8) is 0 Å². The van der Waals surface area contributed by atoms with Crippen molar-refractivity contribution in [3.05, 3.63) is 107 Å². The van der Waals surface area contributed by atoms with Gasteiger partial charge in [-0.3, -0.25) is 14.7 Å². The number of anilines is 1. The minimum Gasteiger partial charge on any atom is -0.496 e. The zero-order chi connectivity index (χ0) is 26.9. The zero-order valence-corrected chi connectivity index (χ0v) is 21.8. The third-order valence-electron chi connectivity index (χ3n) is 7.06. The number of hydrogen-bond acceptors (Lipinski definition) is 7. The average Bonchev–Trinajstić information content (AvgIpc) is 2.91. The highest BCUT2D eigenvalue weighted by molar-refractivity contribution is 6.01. The molecule has 0 bridgehead atoms. The number of methoxy groups -OCH3 is 1. The molecule has 38 heavy (non-hydrogen) atoms. The van der Waals surface area contributed by atoms with E-state index in [1.807, 2.05) is 65.6 Å². The van der Waals surface area contributed by atoms with Crippen molar-refractivity contribution in [2.24, 2.45) is 11.1 Å². The van der Waals surface area contributed by atoms with Crippen LogP contribution in [0.2, 0.25) is 0 Å². The maximum atomic E-state index is 13.8. The van der Waals surface area contributed by atoms with E-state index in [4.69, 9.17) is 15.2 Å². The van der Waals surface area contributed by atoms with Gasteiger partial charge in [-0.2, -0.15) is 5.26 Å². The molecule has 1 atom stereocenters. The molecule has 2 aliphatic rings. The molecular formula is C31H30N4O3. The van der Waals surface area contributed by atoms with Crippen molar-refractivity contribution in [3.8, 4) is 17.6 Å². The Bertz CT molecular complexity index is 1470. The lowest BCUT2D eigenvalue weighted by Crippen LogP contribution is -2.42. The van der Waals surface area contributed by atoms with E-state index in [1.54, 1.807) is 19.5 Å². The van der Waals surface area contributed by atoms with Crippen LogP contribution in [0, 0.1) is 16.7 Å². The first-order valence-electron chi connectivity index (χ1n) is 12.5. The van der Waals surface area contributed by atoms with E-state index in [9.17, 15) is 10.1 Å². The van der Waals surface area contributed by atoms with Crippen LogP contribution >= 0.6 is 0 Å². The van der Waals surface area contributed by atoms with Gasteiger partial charge >= 0.3 is 0 Å². The van der Waals surface area contributed by atoms with E-state index < -0.39 is 5.92 Å². The second-order valence-corrected chi connectivity index (χ2v) is 10.4. The highest BCUT2D eigenvalue weighted by atomic mass is 16.5. The Labute approximate surface area is 222 Å². The van der Waals surface area contributed by atoms with Crippen molar-refractivity contribution < 1.29 is 14.3 Å². The topological polar surface area (TPSA) is 101 Å². The molecule has 0 fully saturated rings. The molecular weight excluding hydrogens is 476 g/mol. The van der Waals surface area contributed by atoms with Gasteiger partial charge < -0.3 is 15.2 Å². The standard InChI is InChI=1S/C31H30N4O3/c1-31(2)15-25-29(26(36)16-31)28(24(17-32)30(33)35(25)22-8-7-13-34-18-22)20-11-12-27(37-3)21(14-20)19-38-23-9-5-4-6-10-23/h4-14,18,28H,15-16,19,33H2,1-3H3. The number of carbonyl (C=O) groups is 1. The summed E-state index contributed by atoms with van der Waals surface area (Å²) >= 11 is 0. The Balaban J connectivity index is 1.64. The number of pyridine rings is 1. The predicted molar refractivity (Wildman–Crippen MR) is 145 cm³/mol. The number of carbonyl (C=O) groups excluding carboxylic acids is 1. The number of nitrogens with two attached hydrogens (primary N) is 1. The number of nitrogens with zero attached hydrogens (tertiary/aromatic N) is 3. The van der Waals surface area contributed by atoms with Crippen molar-refractivity contribution in [1.29, 1.82) is 5.26 Å². The largest absolute Gasteiger partial charge is 0.496 e. The van der Waals surface area contributed by atoms with Gasteiger partial charge in [0, 0.05) is 29.5 Å². The van der Waals surface area contributed by atoms with E-state index in [0.717, 1.165) is 28.3 Å². The number of ether oxygens (including phenoxy) is 2. The van der Waals surface area contributed by atoms with E-state index in [0.29, 0.717) is 35.6 Å². The van der Waals surface area contributed by atoms with Crippen molar-refractivity contribution in [2.75, 3.05) is 12.0 Å². The number of allylic oxidation sites excluding steroid dienone is 3. The molecule has 3 aromatic rings. The first kappa shape index (κ1) is 25.1. The van der Waals surface area contributed by atoms with Gasteiger partial charge in [0.1, 0.15) is 23.9 Å². The molecule has 0 spiro atoms. The first-order valence-corrected chi connectivity index (χ1v) is 12.5. The Kier molecular flexibility index (Phi) is 6.64. The SMILES string of the molecule is COc1ccc(C2C(C#N)=C(N)N(c3cccnc3)C3=C2C(=O)CC(C)(C)C3)cc1COc1ccccc1. The number of benzene rings is 2. The molecule has 2 N–H and O–H groups in total. The van der Waals surface area contributed by atoms with Crippen LogP contribution < -0.4 is 20.1 Å². The molecule has 1 aliphatic heterocycles. The minimum atomic E-state index is -0.590. The molecule has 0 saturated carbocycles. The van der Waals surface area contributed by atoms with Crippen molar-refractivity contribution in [2.45, 2.75) is 39.2 Å². The van der Waals surface area contributed by atoms with Gasteiger partial charge in [-0.25, -0.2) is 0 Å². The van der Waals surface area contributed by atoms with Gasteiger partial charge in [0.05, 0.1) is 36.6 Å². The molecule has 0 saturated heterocycles. The molecule has 2 heterocycles. The Morgan fingerprint density at radius 3 is 2.61 bits per heavy atom. The summed E-state index contributed by atoms with van der Waals surface area (Å²) in [5, 5.41) is 10.3. The fraction of sp³-hybridized carbons (Fsp3) is 0.258. The molecule has 192 valence electrons. The highest BCUT2D eigenvalue weighted by Gasteiger charge is 2.44. The van der Waals surface area contributed by atoms with Gasteiger partial charge in [0.15, 0.2) is 5.78 Å². The van der Waals surface area contributed by atoms with Crippen LogP contribution in [-0.4, -0.2) is 17.9 Å². The van der Waals surface area contributed by atoms with Crippen LogP contribution in [0.5, 0.6) is 11.5 Å². The molecule has 7 nitrogen and oxygen atoms in total. The van der Waals surface area contributed by atoms with Crippen LogP contribution in [0.1, 0.15) is 43.7 Å². The number of para-hydroxylation sites is 1. The van der Waals surface area contributed by atoms with E-state index in [-0.39, 0.29) is 17.8 Å². The Morgan fingerprint density at radius 1 is 1.13 bits per heavy atom. The summed E-state index contributed by atoms with van der Waals surface area (Å²) in [5.41, 5.74) is 10.6. The molecule has 5 rings (SSSR count). The van der Waals surface area contributed by atoms with Crippen LogP contribution in [0.3, 0.4) is 0 Å². The lowest BCUT2D eigenvalue weighted by atomic mass is 9.68. The number of hydrogen-bond donors (Lipinski definition) is 1. The maximum absolute atomic E-state index is 13.8. The van der Waals surface area contributed by atoms with Crippen LogP contribution in [0.25, 0.3) is 0 Å². The fourth-order valence-corrected chi connectivity index (χ4v) is 5.39. The summed E-state index contributed by atoms with van der Waals surface area (Å²) in [6, 6.07) is 21.3. The van der Waals surface area contributed by atoms with Gasteiger partial charge in [-0.1, -0.05) is 38.1 Å². The lowest BCUT2D eigenvalue weighted by molar-refractivity contribution is -0.118. The quantitative estimate of drug-likeness (QED) is 0.464. The number of Topliss-reactive ketones (excluding diaryl/α,β-unsaturated/α-hetero) is 1. The van der Waals surface area contributed by atoms with Crippen LogP contribution in [-0.2, 0) is 11.4 Å². The lowest BCUT2D eigenvalue weighted by Gasteiger charge is -2.43. The summed E-state index contributed by atoms with van der Waals surface area (Å²) in [6.45, 7) is 4.43. The monoisotopic (exact) mass is 506 g/mol. The molecule has 1 aromatic heterocycles. The van der Waals surface area contributed by atoms with Crippen molar-refractivity contribution in [1.82, 2.24) is 4.98 Å². The van der Waals surface area contributed by atoms with E-state index in [2.05, 4.69) is 24.9 Å². The molecule has 2 aromatic carbocycles. The average molecular weight is 507 g/mol. The molecule has 7 heteroatoms. The molecule has 1 unspecified atom stereocenters. The highest BCUT2D eigenvalue weighted by Crippen LogP contribution is 2.50. The first-order chi connectivity index (χ1) is 18.3. The van der Waals surface area contributed by atoms with Gasteiger partial charge in [-0.15, -0.1) is 0 Å². The summed E-state index contributed by atoms with van der Waals surface area (Å²) in [5.74, 6) is 1.15. The third-order valence-corrected chi connectivity index (χ3v) is 7.06. The molecule has 0 amide bonds. The van der Waals surface area contributed by atoms with Gasteiger partial charge in [0.2, 0.25) is 0 Å². The van der Waals surface area contributed by atoms with E-state index >= 15 is 0 Å². The minimum absolute atomic E-state index is 0.0216. The van der Waals surface area contributed by atoms with Gasteiger partial charge in [0.25, 0.3) is 0 Å². The molecule has 1 aliphatic carbocycles. The second-order valence-electron chi connectivity index (χ2n) is 10.4. The third kappa shape index (κ3) is 4.61. The summed E-state index contributed by atoms with van der Waals surface area (Å²) in [6.07, 6.45) is 4.41. The second kappa shape index (κ2) is 10.1. The number of nitriles is 1. The Morgan fingerprint density at radius 2 is 1.92 bits per heavy atom. The normalized spacial score (nSPS) is 18.6. The fourth-order valence-electron chi connectivity index (χ4n) is 5.39. The smallest absolute Gasteiger partial charge is 0.162 e. The van der Waals surface area contributed by atoms with E-state index in [1.165, 1.54) is 0 Å². The number of rotatable bonds is 6. The maximum Gasteiger partial charge on any atom is 0.162 e. The van der Waals surface area contributed by atoms with Crippen LogP contribution in [0.4, 0.5) is 5.69 Å².